The number of hydrogen-bond donors (Lipinski definition) is 2. The molecule has 0 spiro atoms. The third kappa shape index (κ3) is 1.89. The zero-order valence-electron chi connectivity index (χ0n) is 15.1. The highest BCUT2D eigenvalue weighted by Gasteiger charge is 2.62. The Morgan fingerprint density at radius 2 is 1.71 bits per heavy atom. The average Bonchev–Trinajstić information content (AvgIpc) is 2.78. The molecule has 0 saturated heterocycles. The molecule has 3 fully saturated rings. The van der Waals surface area contributed by atoms with Crippen LogP contribution < -0.4 is 0 Å². The lowest BCUT2D eigenvalue weighted by Gasteiger charge is -2.59. The topological polar surface area (TPSA) is 52.8 Å². The molecule has 0 amide bonds. The first kappa shape index (κ1) is 16.6. The molecule has 24 heavy (non-hydrogen) atoms. The number of hydrogen-bond acceptors (Lipinski definition) is 3. The number of fused-ring (bicyclic) bond motifs is 5. The molecule has 0 aromatic heterocycles. The Labute approximate surface area is 144 Å². The minimum atomic E-state index is -0.561. The second-order valence-corrected chi connectivity index (χ2v) is 9.44. The lowest BCUT2D eigenvalue weighted by Crippen LogP contribution is -2.54. The molecule has 3 saturated carbocycles. The monoisotopic (exact) mass is 335 g/mol. The summed E-state index contributed by atoms with van der Waals surface area (Å²) in [6.07, 6.45) is 7.32. The van der Waals surface area contributed by atoms with Gasteiger partial charge in [0.05, 0.1) is 5.60 Å². The first-order chi connectivity index (χ1) is 11.2. The minimum Gasteiger partial charge on any atom is -0.411 e. The Hall–Kier alpha value is -0.900. The van der Waals surface area contributed by atoms with Gasteiger partial charge in [0.25, 0.3) is 0 Å². The van der Waals surface area contributed by atoms with Crippen molar-refractivity contribution in [1.82, 2.24) is 0 Å². The maximum Gasteiger partial charge on any atom is 0.147 e. The van der Waals surface area contributed by atoms with Crippen molar-refractivity contribution in [2.45, 2.75) is 77.7 Å². The summed E-state index contributed by atoms with van der Waals surface area (Å²) in [7, 11) is 0. The van der Waals surface area contributed by atoms with Crippen LogP contribution in [0.15, 0.2) is 16.6 Å². The number of rotatable bonds is 0. The Bertz CT molecular complexity index is 625. The van der Waals surface area contributed by atoms with Gasteiger partial charge in [-0.3, -0.25) is 0 Å². The van der Waals surface area contributed by atoms with Crippen LogP contribution in [0.25, 0.3) is 0 Å². The molecule has 4 aliphatic rings. The van der Waals surface area contributed by atoms with E-state index in [4.69, 9.17) is 5.21 Å². The van der Waals surface area contributed by atoms with Crippen LogP contribution in [0.2, 0.25) is 0 Å². The molecule has 134 valence electrons. The van der Waals surface area contributed by atoms with Gasteiger partial charge in [-0.15, -0.1) is 0 Å². The summed E-state index contributed by atoms with van der Waals surface area (Å²) < 4.78 is 14.8. The quantitative estimate of drug-likeness (QED) is 0.492. The summed E-state index contributed by atoms with van der Waals surface area (Å²) in [5, 5.41) is 23.2. The summed E-state index contributed by atoms with van der Waals surface area (Å²) in [6, 6.07) is 0. The van der Waals surface area contributed by atoms with Crippen LogP contribution in [-0.2, 0) is 0 Å². The van der Waals surface area contributed by atoms with Crippen molar-refractivity contribution in [3.8, 4) is 0 Å². The lowest BCUT2D eigenvalue weighted by atomic mass is 9.46. The van der Waals surface area contributed by atoms with E-state index in [0.29, 0.717) is 24.2 Å². The Balaban J connectivity index is 1.72. The maximum absolute atomic E-state index is 14.8. The van der Waals surface area contributed by atoms with Gasteiger partial charge >= 0.3 is 0 Å². The second kappa shape index (κ2) is 5.06. The van der Waals surface area contributed by atoms with Gasteiger partial charge in [-0.1, -0.05) is 19.0 Å². The predicted molar refractivity (Wildman–Crippen MR) is 91.6 cm³/mol. The van der Waals surface area contributed by atoms with E-state index in [9.17, 15) is 9.50 Å². The van der Waals surface area contributed by atoms with Crippen LogP contribution >= 0.6 is 0 Å². The molecule has 4 rings (SSSR count). The van der Waals surface area contributed by atoms with Crippen molar-refractivity contribution in [1.29, 1.82) is 0 Å². The lowest BCUT2D eigenvalue weighted by molar-refractivity contribution is -0.117. The van der Waals surface area contributed by atoms with Crippen molar-refractivity contribution in [2.24, 2.45) is 33.7 Å². The fourth-order valence-electron chi connectivity index (χ4n) is 7.00. The third-order valence-electron chi connectivity index (χ3n) is 8.75. The molecule has 0 unspecified atom stereocenters. The van der Waals surface area contributed by atoms with Crippen molar-refractivity contribution < 1.29 is 14.7 Å². The molecule has 4 heteroatoms. The van der Waals surface area contributed by atoms with E-state index in [0.717, 1.165) is 50.5 Å². The van der Waals surface area contributed by atoms with Gasteiger partial charge < -0.3 is 10.3 Å². The summed E-state index contributed by atoms with van der Waals surface area (Å²) in [5.41, 5.74) is 0.489. The summed E-state index contributed by atoms with van der Waals surface area (Å²) >= 11 is 0. The van der Waals surface area contributed by atoms with E-state index in [1.165, 1.54) is 0 Å². The van der Waals surface area contributed by atoms with Gasteiger partial charge in [-0.2, -0.15) is 0 Å². The number of aliphatic hydroxyl groups is 1. The Morgan fingerprint density at radius 1 is 1.00 bits per heavy atom. The molecular formula is C20H30FNO2. The number of nitrogens with zero attached hydrogens (tertiary/aromatic N) is 1. The molecule has 0 heterocycles. The smallest absolute Gasteiger partial charge is 0.147 e. The highest BCUT2D eigenvalue weighted by atomic mass is 19.1. The van der Waals surface area contributed by atoms with E-state index < -0.39 is 5.60 Å². The molecule has 0 radical (unpaired) electrons. The molecule has 2 N–H and O–H groups in total. The normalized spacial score (nSPS) is 52.9. The van der Waals surface area contributed by atoms with Crippen molar-refractivity contribution >= 4 is 5.71 Å². The van der Waals surface area contributed by atoms with Crippen LogP contribution in [0.5, 0.6) is 0 Å². The fraction of sp³-hybridized carbons (Fsp3) is 0.850. The average molecular weight is 335 g/mol. The van der Waals surface area contributed by atoms with Gasteiger partial charge in [0.1, 0.15) is 11.5 Å². The van der Waals surface area contributed by atoms with E-state index in [1.54, 1.807) is 0 Å². The van der Waals surface area contributed by atoms with Crippen molar-refractivity contribution in [3.63, 3.8) is 0 Å². The van der Waals surface area contributed by atoms with Gasteiger partial charge in [-0.05, 0) is 92.4 Å². The van der Waals surface area contributed by atoms with Gasteiger partial charge in [-0.25, -0.2) is 4.39 Å². The second-order valence-electron chi connectivity index (χ2n) is 9.44. The third-order valence-corrected chi connectivity index (χ3v) is 8.75. The summed E-state index contributed by atoms with van der Waals surface area (Å²) in [5.74, 6) is 1.41. The highest BCUT2D eigenvalue weighted by molar-refractivity contribution is 5.99. The van der Waals surface area contributed by atoms with Gasteiger partial charge in [0, 0.05) is 0 Å². The largest absolute Gasteiger partial charge is 0.411 e. The van der Waals surface area contributed by atoms with Gasteiger partial charge in [0.15, 0.2) is 0 Å². The first-order valence-electron chi connectivity index (χ1n) is 9.57. The van der Waals surface area contributed by atoms with Crippen LogP contribution in [-0.4, -0.2) is 21.6 Å². The Kier molecular flexibility index (Phi) is 3.49. The zero-order chi connectivity index (χ0) is 17.3. The van der Waals surface area contributed by atoms with E-state index >= 15 is 0 Å². The van der Waals surface area contributed by atoms with Crippen LogP contribution in [0, 0.1) is 28.6 Å². The van der Waals surface area contributed by atoms with Crippen LogP contribution in [0.4, 0.5) is 4.39 Å². The molecule has 0 aromatic rings. The first-order valence-corrected chi connectivity index (χ1v) is 9.57. The van der Waals surface area contributed by atoms with Crippen LogP contribution in [0.3, 0.4) is 0 Å². The molecular weight excluding hydrogens is 305 g/mol. The number of oxime groups is 1. The van der Waals surface area contributed by atoms with Gasteiger partial charge in [0.2, 0.25) is 0 Å². The van der Waals surface area contributed by atoms with E-state index in [2.05, 4.69) is 19.0 Å². The SMILES string of the molecule is C[C@]12CC/C(=N\O)C(F)=C1CC[C@@H]1[C@@H]2CC[C@@]2(C)[C@H]1CC[C@]2(C)O. The molecule has 4 aliphatic carbocycles. The van der Waals surface area contributed by atoms with Crippen LogP contribution in [0.1, 0.15) is 72.1 Å². The summed E-state index contributed by atoms with van der Waals surface area (Å²) in [6.45, 7) is 6.54. The van der Waals surface area contributed by atoms with Crippen molar-refractivity contribution in [2.75, 3.05) is 0 Å². The Morgan fingerprint density at radius 3 is 2.42 bits per heavy atom. The molecule has 0 aliphatic heterocycles. The fourth-order valence-corrected chi connectivity index (χ4v) is 7.00. The minimum absolute atomic E-state index is 0.0106. The summed E-state index contributed by atoms with van der Waals surface area (Å²) in [4.78, 5) is 0. The predicted octanol–water partition coefficient (Wildman–Crippen LogP) is 4.83. The number of halogens is 1. The zero-order valence-corrected chi connectivity index (χ0v) is 15.1. The van der Waals surface area contributed by atoms with E-state index in [1.807, 2.05) is 6.92 Å². The molecule has 3 nitrogen and oxygen atoms in total. The van der Waals surface area contributed by atoms with Crippen molar-refractivity contribution in [3.05, 3.63) is 11.4 Å². The molecule has 0 bridgehead atoms. The molecule has 0 aromatic carbocycles. The maximum atomic E-state index is 14.8. The number of allylic oxidation sites excluding steroid dienone is 2. The van der Waals surface area contributed by atoms with E-state index in [-0.39, 0.29) is 22.4 Å². The highest BCUT2D eigenvalue weighted by Crippen LogP contribution is 2.67. The molecule has 6 atom stereocenters. The standard InChI is InChI=1S/C20H30FNO2/c1-18-9-8-16(22-24)17(21)15(18)5-4-12-13(18)6-10-19(2)14(12)7-11-20(19,3)23/h12-14,23-24H,4-11H2,1-3H3/b22-16+/t12-,13+,14+,18-,19+,20+/m1/s1.